The Balaban J connectivity index is 0.00000320. The number of rotatable bonds is 7. The molecule has 0 spiro atoms. The number of esters is 1. The number of hydrogen-bond donors (Lipinski definition) is 0. The van der Waals surface area contributed by atoms with Crippen LogP contribution in [0.3, 0.4) is 0 Å². The minimum absolute atomic E-state index is 0. The van der Waals surface area contributed by atoms with Gasteiger partial charge in [0.25, 0.3) is 0 Å². The van der Waals surface area contributed by atoms with Crippen molar-refractivity contribution in [2.24, 2.45) is 11.8 Å². The van der Waals surface area contributed by atoms with E-state index in [0.29, 0.717) is 19.8 Å². The van der Waals surface area contributed by atoms with Crippen molar-refractivity contribution in [3.8, 4) is 0 Å². The largest absolute Gasteiger partial charge is 1.00 e. The summed E-state index contributed by atoms with van der Waals surface area (Å²) >= 11 is 0. The molecule has 3 rings (SSSR count). The molecule has 1 aliphatic heterocycles. The van der Waals surface area contributed by atoms with Crippen molar-refractivity contribution in [3.05, 3.63) is 71.8 Å². The van der Waals surface area contributed by atoms with Gasteiger partial charge in [0.1, 0.15) is 6.10 Å². The van der Waals surface area contributed by atoms with Crippen LogP contribution in [0.5, 0.6) is 0 Å². The van der Waals surface area contributed by atoms with Crippen molar-refractivity contribution in [3.63, 3.8) is 0 Å². The normalized spacial score (nSPS) is 24.7. The molecule has 2 aromatic carbocycles. The minimum atomic E-state index is -0.308. The second-order valence-corrected chi connectivity index (χ2v) is 7.95. The molecule has 0 unspecified atom stereocenters. The van der Waals surface area contributed by atoms with Gasteiger partial charge < -0.3 is 26.6 Å². The first kappa shape index (κ1) is 24.4. The molecular weight excluding hydrogens is 400 g/mol. The molecular formula is C25H32ClO4-. The second-order valence-electron chi connectivity index (χ2n) is 7.95. The monoisotopic (exact) mass is 431 g/mol. The van der Waals surface area contributed by atoms with Gasteiger partial charge in [-0.15, -0.1) is 0 Å². The minimum Gasteiger partial charge on any atom is -1.00 e. The lowest BCUT2D eigenvalue weighted by Crippen LogP contribution is -3.00. The van der Waals surface area contributed by atoms with E-state index < -0.39 is 0 Å². The summed E-state index contributed by atoms with van der Waals surface area (Å²) in [6.07, 6.45) is 2.23. The number of carbonyl (C=O) groups excluding carboxylic acids is 1. The first-order chi connectivity index (χ1) is 14.1. The van der Waals surface area contributed by atoms with Crippen LogP contribution < -0.4 is 12.4 Å². The van der Waals surface area contributed by atoms with Crippen LogP contribution in [0.1, 0.15) is 31.4 Å². The molecule has 0 radical (unpaired) electrons. The number of aryl methyl sites for hydroxylation is 1. The maximum Gasteiger partial charge on any atom is 0.311 e. The lowest BCUT2D eigenvalue weighted by molar-refractivity contribution is -0.162. The molecule has 2 aromatic rings. The fourth-order valence-electron chi connectivity index (χ4n) is 3.81. The first-order valence-corrected chi connectivity index (χ1v) is 10.6. The summed E-state index contributed by atoms with van der Waals surface area (Å²) < 4.78 is 18.0. The van der Waals surface area contributed by atoms with Gasteiger partial charge in [-0.25, -0.2) is 0 Å². The molecule has 0 aliphatic carbocycles. The van der Waals surface area contributed by atoms with Crippen LogP contribution >= 0.6 is 0 Å². The average Bonchev–Trinajstić information content (AvgIpc) is 2.78. The number of benzene rings is 2. The Morgan fingerprint density at radius 3 is 2.23 bits per heavy atom. The molecule has 0 N–H and O–H groups in total. The zero-order chi connectivity index (χ0) is 20.5. The molecule has 1 saturated heterocycles. The number of halogens is 1. The molecule has 0 saturated carbocycles. The molecule has 1 aliphatic rings. The van der Waals surface area contributed by atoms with Gasteiger partial charge in [0.2, 0.25) is 0 Å². The summed E-state index contributed by atoms with van der Waals surface area (Å²) in [4.78, 5) is 12.3. The van der Waals surface area contributed by atoms with Crippen LogP contribution in [0.2, 0.25) is 0 Å². The number of carbonyl (C=O) groups is 1. The zero-order valence-corrected chi connectivity index (χ0v) is 18.6. The highest BCUT2D eigenvalue weighted by Crippen LogP contribution is 2.23. The van der Waals surface area contributed by atoms with Gasteiger partial charge in [-0.05, 0) is 44.2 Å². The third kappa shape index (κ3) is 7.42. The smallest absolute Gasteiger partial charge is 0.311 e. The Hall–Kier alpha value is -1.88. The molecule has 30 heavy (non-hydrogen) atoms. The molecule has 5 heteroatoms. The number of cyclic esters (lactones) is 1. The van der Waals surface area contributed by atoms with Gasteiger partial charge in [0.05, 0.1) is 25.2 Å². The van der Waals surface area contributed by atoms with Gasteiger partial charge in [0, 0.05) is 12.5 Å². The van der Waals surface area contributed by atoms with Gasteiger partial charge in [-0.3, -0.25) is 4.79 Å². The van der Waals surface area contributed by atoms with Crippen LogP contribution in [0.4, 0.5) is 0 Å². The summed E-state index contributed by atoms with van der Waals surface area (Å²) in [7, 11) is 0. The average molecular weight is 432 g/mol. The van der Waals surface area contributed by atoms with Crippen molar-refractivity contribution in [1.29, 1.82) is 0 Å². The lowest BCUT2D eigenvalue weighted by Gasteiger charge is -2.31. The molecule has 4 nitrogen and oxygen atoms in total. The fourth-order valence-corrected chi connectivity index (χ4v) is 3.81. The van der Waals surface area contributed by atoms with Gasteiger partial charge in [-0.2, -0.15) is 0 Å². The summed E-state index contributed by atoms with van der Waals surface area (Å²) in [6, 6.07) is 20.8. The Morgan fingerprint density at radius 1 is 0.933 bits per heavy atom. The van der Waals surface area contributed by atoms with Gasteiger partial charge in [-0.1, -0.05) is 60.7 Å². The maximum atomic E-state index is 12.3. The standard InChI is InChI=1S/C25H32O4.ClH/c1-19-17-27-18-23(16-22-12-7-4-8-13-22)24(20(2)29-25(19)26)28-15-9-14-21-10-5-3-6-11-21;/h3-8,10-13,19-20,23-24H,9,14-18H2,1-2H3;1H/p-1/t19-,20-,23-,24-;/m0./s1. The van der Waals surface area contributed by atoms with Crippen molar-refractivity contribution in [1.82, 2.24) is 0 Å². The van der Waals surface area contributed by atoms with Gasteiger partial charge >= 0.3 is 5.97 Å². The van der Waals surface area contributed by atoms with E-state index in [1.165, 1.54) is 11.1 Å². The quantitative estimate of drug-likeness (QED) is 0.492. The Bertz CT molecular complexity index is 737. The van der Waals surface area contributed by atoms with Crippen molar-refractivity contribution < 1.29 is 31.4 Å². The number of hydrogen-bond acceptors (Lipinski definition) is 4. The molecule has 164 valence electrons. The highest BCUT2D eigenvalue weighted by atomic mass is 35.5. The van der Waals surface area contributed by atoms with E-state index in [9.17, 15) is 4.79 Å². The molecule has 1 fully saturated rings. The predicted octanol–water partition coefficient (Wildman–Crippen LogP) is 1.47. The van der Waals surface area contributed by atoms with E-state index in [2.05, 4.69) is 36.4 Å². The molecule has 4 atom stereocenters. The second kappa shape index (κ2) is 12.7. The van der Waals surface area contributed by atoms with Crippen LogP contribution in [0.25, 0.3) is 0 Å². The zero-order valence-electron chi connectivity index (χ0n) is 17.8. The molecule has 0 bridgehead atoms. The van der Waals surface area contributed by atoms with Crippen molar-refractivity contribution >= 4 is 5.97 Å². The van der Waals surface area contributed by atoms with E-state index in [1.54, 1.807) is 0 Å². The van der Waals surface area contributed by atoms with E-state index in [1.807, 2.05) is 38.1 Å². The van der Waals surface area contributed by atoms with Crippen molar-refractivity contribution in [2.75, 3.05) is 19.8 Å². The Labute approximate surface area is 186 Å². The van der Waals surface area contributed by atoms with Crippen molar-refractivity contribution in [2.45, 2.75) is 45.3 Å². The lowest BCUT2D eigenvalue weighted by atomic mass is 9.91. The molecule has 0 aromatic heterocycles. The topological polar surface area (TPSA) is 44.8 Å². The summed E-state index contributed by atoms with van der Waals surface area (Å²) in [5.74, 6) is -0.343. The van der Waals surface area contributed by atoms with Crippen LogP contribution in [-0.2, 0) is 31.8 Å². The first-order valence-electron chi connectivity index (χ1n) is 10.6. The highest BCUT2D eigenvalue weighted by Gasteiger charge is 2.33. The summed E-state index contributed by atoms with van der Waals surface area (Å²) in [5, 5.41) is 0. The summed E-state index contributed by atoms with van der Waals surface area (Å²) in [5.41, 5.74) is 2.55. The fraction of sp³-hybridized carbons (Fsp3) is 0.480. The SMILES string of the molecule is C[C@@H]1OC(=O)[C@@H](C)COC[C@H](Cc2ccccc2)[C@H]1OCCCc1ccccc1.[Cl-]. The number of ether oxygens (including phenoxy) is 3. The Kier molecular flexibility index (Phi) is 10.4. The van der Waals surface area contributed by atoms with Crippen LogP contribution in [0.15, 0.2) is 60.7 Å². The van der Waals surface area contributed by atoms with E-state index in [0.717, 1.165) is 19.3 Å². The molecule has 1 heterocycles. The van der Waals surface area contributed by atoms with Crippen LogP contribution in [-0.4, -0.2) is 38.0 Å². The van der Waals surface area contributed by atoms with Crippen LogP contribution in [0, 0.1) is 11.8 Å². The predicted molar refractivity (Wildman–Crippen MR) is 114 cm³/mol. The Morgan fingerprint density at radius 2 is 1.57 bits per heavy atom. The van der Waals surface area contributed by atoms with E-state index in [4.69, 9.17) is 14.2 Å². The maximum absolute atomic E-state index is 12.3. The van der Waals surface area contributed by atoms with Gasteiger partial charge in [0.15, 0.2) is 0 Å². The molecule has 0 amide bonds. The highest BCUT2D eigenvalue weighted by molar-refractivity contribution is 5.72. The van der Waals surface area contributed by atoms with E-state index in [-0.39, 0.29) is 42.4 Å². The third-order valence-corrected chi connectivity index (χ3v) is 5.44. The third-order valence-electron chi connectivity index (χ3n) is 5.44. The van der Waals surface area contributed by atoms with E-state index >= 15 is 0 Å². The summed E-state index contributed by atoms with van der Waals surface area (Å²) in [6.45, 7) is 5.36.